The van der Waals surface area contributed by atoms with Crippen LogP contribution in [0.25, 0.3) is 0 Å². The van der Waals surface area contributed by atoms with Gasteiger partial charge in [0.15, 0.2) is 0 Å². The number of carbonyl (C=O) groups is 1. The molecule has 0 aliphatic carbocycles. The smallest absolute Gasteiger partial charge is 0.226 e. The van der Waals surface area contributed by atoms with Crippen LogP contribution < -0.4 is 5.32 Å². The third-order valence-electron chi connectivity index (χ3n) is 4.02. The van der Waals surface area contributed by atoms with Crippen LogP contribution in [0.3, 0.4) is 0 Å². The number of carbonyl (C=O) groups excluding carboxylic acids is 1. The summed E-state index contributed by atoms with van der Waals surface area (Å²) < 4.78 is 5.56. The van der Waals surface area contributed by atoms with E-state index in [0.717, 1.165) is 29.6 Å². The largest absolute Gasteiger partial charge is 0.468 e. The van der Waals surface area contributed by atoms with Crippen molar-refractivity contribution in [3.05, 3.63) is 40.2 Å². The van der Waals surface area contributed by atoms with Crippen LogP contribution in [0.15, 0.2) is 28.2 Å². The monoisotopic (exact) mass is 349 g/mol. The van der Waals surface area contributed by atoms with E-state index < -0.39 is 0 Å². The van der Waals surface area contributed by atoms with Crippen LogP contribution in [0.4, 0.5) is 0 Å². The topological polar surface area (TPSA) is 58.4 Å². The second-order valence-electron chi connectivity index (χ2n) is 6.07. The average molecular weight is 350 g/mol. The number of likely N-dealkylation sites (N-methyl/N-ethyl adjacent to an activating group) is 1. The molecular formula is C18H27N3O2S. The van der Waals surface area contributed by atoms with Crippen LogP contribution in [0, 0.1) is 0 Å². The third-order valence-corrected chi connectivity index (χ3v) is 5.22. The molecule has 1 N–H and O–H groups in total. The lowest BCUT2D eigenvalue weighted by Gasteiger charge is -2.28. The summed E-state index contributed by atoms with van der Waals surface area (Å²) in [4.78, 5) is 19.1. The molecular weight excluding hydrogens is 322 g/mol. The highest BCUT2D eigenvalue weighted by Crippen LogP contribution is 2.21. The third kappa shape index (κ3) is 4.92. The molecule has 0 radical (unpaired) electrons. The SMILES string of the molecule is CCN(CC)C(CNC(=O)Cc1csc(C(C)C)n1)c1ccco1. The predicted octanol–water partition coefficient (Wildman–Crippen LogP) is 3.60. The zero-order valence-corrected chi connectivity index (χ0v) is 15.7. The Balaban J connectivity index is 1.94. The quantitative estimate of drug-likeness (QED) is 0.751. The van der Waals surface area contributed by atoms with Gasteiger partial charge in [-0.3, -0.25) is 9.69 Å². The van der Waals surface area contributed by atoms with Crippen molar-refractivity contribution < 1.29 is 9.21 Å². The lowest BCUT2D eigenvalue weighted by Crippen LogP contribution is -2.38. The molecule has 24 heavy (non-hydrogen) atoms. The Kier molecular flexibility index (Phi) is 6.99. The van der Waals surface area contributed by atoms with Crippen molar-refractivity contribution in [3.8, 4) is 0 Å². The second kappa shape index (κ2) is 8.99. The van der Waals surface area contributed by atoms with Crippen molar-refractivity contribution in [2.24, 2.45) is 0 Å². The lowest BCUT2D eigenvalue weighted by atomic mass is 10.1. The number of thiazole rings is 1. The Labute approximate surface area is 148 Å². The molecule has 0 aromatic carbocycles. The first-order valence-electron chi connectivity index (χ1n) is 8.53. The Bertz CT molecular complexity index is 618. The number of hydrogen-bond donors (Lipinski definition) is 1. The minimum absolute atomic E-state index is 0.000631. The standard InChI is InChI=1S/C18H27N3O2S/c1-5-21(6-2)15(16-8-7-9-23-16)11-19-17(22)10-14-12-24-18(20-14)13(3)4/h7-9,12-13,15H,5-6,10-11H2,1-4H3,(H,19,22). The zero-order valence-electron chi connectivity index (χ0n) is 14.9. The van der Waals surface area contributed by atoms with Crippen LogP contribution in [0.5, 0.6) is 0 Å². The Morgan fingerprint density at radius 2 is 2.12 bits per heavy atom. The number of nitrogens with zero attached hydrogens (tertiary/aromatic N) is 2. The summed E-state index contributed by atoms with van der Waals surface area (Å²) in [5, 5.41) is 6.08. The molecule has 1 amide bonds. The maximum absolute atomic E-state index is 12.3. The van der Waals surface area contributed by atoms with Crippen molar-refractivity contribution in [2.75, 3.05) is 19.6 Å². The van der Waals surface area contributed by atoms with E-state index in [2.05, 4.69) is 42.9 Å². The Morgan fingerprint density at radius 1 is 1.38 bits per heavy atom. The van der Waals surface area contributed by atoms with Crippen molar-refractivity contribution in [1.29, 1.82) is 0 Å². The van der Waals surface area contributed by atoms with Gasteiger partial charge in [0, 0.05) is 17.8 Å². The number of furan rings is 1. The van der Waals surface area contributed by atoms with Gasteiger partial charge >= 0.3 is 0 Å². The number of nitrogens with one attached hydrogen (secondary N) is 1. The van der Waals surface area contributed by atoms with E-state index in [9.17, 15) is 4.79 Å². The molecule has 6 heteroatoms. The van der Waals surface area contributed by atoms with Gasteiger partial charge in [-0.25, -0.2) is 4.98 Å². The fraction of sp³-hybridized carbons (Fsp3) is 0.556. The maximum atomic E-state index is 12.3. The van der Waals surface area contributed by atoms with E-state index in [0.29, 0.717) is 18.9 Å². The minimum Gasteiger partial charge on any atom is -0.468 e. The summed E-state index contributed by atoms with van der Waals surface area (Å²) in [7, 11) is 0. The molecule has 1 unspecified atom stereocenters. The van der Waals surface area contributed by atoms with Crippen molar-refractivity contribution in [1.82, 2.24) is 15.2 Å². The molecule has 0 bridgehead atoms. The highest BCUT2D eigenvalue weighted by atomic mass is 32.1. The van der Waals surface area contributed by atoms with Crippen LogP contribution in [0.1, 0.15) is 56.1 Å². The van der Waals surface area contributed by atoms with Gasteiger partial charge in [-0.05, 0) is 25.2 Å². The molecule has 2 heterocycles. The van der Waals surface area contributed by atoms with Gasteiger partial charge in [0.2, 0.25) is 5.91 Å². The van der Waals surface area contributed by atoms with Crippen LogP contribution in [-0.2, 0) is 11.2 Å². The predicted molar refractivity (Wildman–Crippen MR) is 97.3 cm³/mol. The molecule has 2 aromatic heterocycles. The van der Waals surface area contributed by atoms with Gasteiger partial charge in [0.25, 0.3) is 0 Å². The lowest BCUT2D eigenvalue weighted by molar-refractivity contribution is -0.120. The summed E-state index contributed by atoms with van der Waals surface area (Å²) in [6, 6.07) is 3.90. The molecule has 132 valence electrons. The fourth-order valence-corrected chi connectivity index (χ4v) is 3.50. The first-order chi connectivity index (χ1) is 11.5. The summed E-state index contributed by atoms with van der Waals surface area (Å²) in [5.41, 5.74) is 0.846. The molecule has 0 spiro atoms. The summed E-state index contributed by atoms with van der Waals surface area (Å²) >= 11 is 1.62. The van der Waals surface area contributed by atoms with Crippen LogP contribution in [-0.4, -0.2) is 35.4 Å². The van der Waals surface area contributed by atoms with E-state index >= 15 is 0 Å². The van der Waals surface area contributed by atoms with E-state index in [-0.39, 0.29) is 11.9 Å². The Hall–Kier alpha value is -1.66. The molecule has 5 nitrogen and oxygen atoms in total. The molecule has 0 fully saturated rings. The Morgan fingerprint density at radius 3 is 2.67 bits per heavy atom. The molecule has 2 aromatic rings. The van der Waals surface area contributed by atoms with Crippen LogP contribution in [0.2, 0.25) is 0 Å². The number of hydrogen-bond acceptors (Lipinski definition) is 5. The second-order valence-corrected chi connectivity index (χ2v) is 6.95. The number of rotatable bonds is 9. The maximum Gasteiger partial charge on any atom is 0.226 e. The normalized spacial score (nSPS) is 12.8. The number of aromatic nitrogens is 1. The first-order valence-corrected chi connectivity index (χ1v) is 9.41. The van der Waals surface area contributed by atoms with Gasteiger partial charge in [-0.2, -0.15) is 0 Å². The molecule has 0 aliphatic heterocycles. The molecule has 2 rings (SSSR count). The first kappa shape index (κ1) is 18.7. The van der Waals surface area contributed by atoms with Gasteiger partial charge in [-0.15, -0.1) is 11.3 Å². The molecule has 0 saturated carbocycles. The highest BCUT2D eigenvalue weighted by molar-refractivity contribution is 7.09. The van der Waals surface area contributed by atoms with Crippen LogP contribution >= 0.6 is 11.3 Å². The highest BCUT2D eigenvalue weighted by Gasteiger charge is 2.21. The van der Waals surface area contributed by atoms with Crippen molar-refractivity contribution in [3.63, 3.8) is 0 Å². The van der Waals surface area contributed by atoms with E-state index in [1.807, 2.05) is 17.5 Å². The molecule has 1 atom stereocenters. The number of amides is 1. The summed E-state index contributed by atoms with van der Waals surface area (Å²) in [5.74, 6) is 1.28. The van der Waals surface area contributed by atoms with Gasteiger partial charge in [0.1, 0.15) is 5.76 Å². The average Bonchev–Trinajstić information content (AvgIpc) is 3.23. The van der Waals surface area contributed by atoms with E-state index in [1.54, 1.807) is 17.6 Å². The van der Waals surface area contributed by atoms with E-state index in [4.69, 9.17) is 4.42 Å². The minimum atomic E-state index is -0.000631. The van der Waals surface area contributed by atoms with Crippen molar-refractivity contribution in [2.45, 2.75) is 46.1 Å². The summed E-state index contributed by atoms with van der Waals surface area (Å²) in [6.45, 7) is 10.8. The van der Waals surface area contributed by atoms with E-state index in [1.165, 1.54) is 0 Å². The molecule has 0 aliphatic rings. The molecule has 0 saturated heterocycles. The van der Waals surface area contributed by atoms with Gasteiger partial charge in [0.05, 0.1) is 29.4 Å². The summed E-state index contributed by atoms with van der Waals surface area (Å²) in [6.07, 6.45) is 2.00. The van der Waals surface area contributed by atoms with Crippen molar-refractivity contribution >= 4 is 17.2 Å². The zero-order chi connectivity index (χ0) is 17.5. The van der Waals surface area contributed by atoms with Gasteiger partial charge < -0.3 is 9.73 Å². The van der Waals surface area contributed by atoms with Gasteiger partial charge in [-0.1, -0.05) is 27.7 Å². The fourth-order valence-electron chi connectivity index (χ4n) is 2.66.